The summed E-state index contributed by atoms with van der Waals surface area (Å²) in [7, 11) is 12.5. The number of hydrogen-bond donors (Lipinski definition) is 0. The maximum atomic E-state index is 10.9. The van der Waals surface area contributed by atoms with Gasteiger partial charge in [0.25, 0.3) is 0 Å². The first-order chi connectivity index (χ1) is 15.6. The van der Waals surface area contributed by atoms with Crippen LogP contribution in [-0.2, 0) is 4.79 Å². The average Bonchev–Trinajstić information content (AvgIpc) is 2.79. The molecule has 0 radical (unpaired) electrons. The SMILES string of the molecule is CC1=CCN(C)CC1.CC1CCN(C)CC1.CN1CCN(C)C(=O)C1.CN1CCN(C)CC1. The summed E-state index contributed by atoms with van der Waals surface area (Å²) in [4.78, 5) is 24.1. The Bertz CT molecular complexity index is 513. The van der Waals surface area contributed by atoms with E-state index in [9.17, 15) is 4.79 Å². The molecule has 0 spiro atoms. The zero-order chi connectivity index (χ0) is 24.8. The van der Waals surface area contributed by atoms with E-state index in [1.54, 1.807) is 10.5 Å². The summed E-state index contributed by atoms with van der Waals surface area (Å²) in [5.41, 5.74) is 1.54. The van der Waals surface area contributed by atoms with Crippen LogP contribution in [0.5, 0.6) is 0 Å². The predicted octanol–water partition coefficient (Wildman–Crippen LogP) is 1.87. The molecule has 1 amide bonds. The maximum Gasteiger partial charge on any atom is 0.236 e. The molecule has 3 fully saturated rings. The van der Waals surface area contributed by atoms with Gasteiger partial charge in [0, 0.05) is 59.4 Å². The van der Waals surface area contributed by atoms with Gasteiger partial charge in [0.15, 0.2) is 0 Å². The van der Waals surface area contributed by atoms with E-state index in [-0.39, 0.29) is 5.91 Å². The normalized spacial score (nSPS) is 24.5. The fourth-order valence-electron chi connectivity index (χ4n) is 3.79. The van der Waals surface area contributed by atoms with Crippen LogP contribution in [0.4, 0.5) is 0 Å². The fourth-order valence-corrected chi connectivity index (χ4v) is 3.79. The number of amides is 1. The molecule has 0 aromatic carbocycles. The molecule has 7 heteroatoms. The van der Waals surface area contributed by atoms with Crippen LogP contribution in [0.1, 0.15) is 33.1 Å². The fraction of sp³-hybridized carbons (Fsp3) is 0.885. The van der Waals surface area contributed by atoms with E-state index in [0.717, 1.165) is 25.6 Å². The molecule has 4 rings (SSSR count). The smallest absolute Gasteiger partial charge is 0.236 e. The quantitative estimate of drug-likeness (QED) is 0.508. The van der Waals surface area contributed by atoms with Crippen LogP contribution < -0.4 is 0 Å². The van der Waals surface area contributed by atoms with Crippen molar-refractivity contribution in [3.63, 3.8) is 0 Å². The number of hydrogen-bond acceptors (Lipinski definition) is 6. The Labute approximate surface area is 205 Å². The number of carbonyl (C=O) groups is 1. The van der Waals surface area contributed by atoms with Gasteiger partial charge in [-0.3, -0.25) is 9.69 Å². The summed E-state index contributed by atoms with van der Waals surface area (Å²) >= 11 is 0. The molecule has 0 bridgehead atoms. The molecule has 4 aliphatic rings. The first-order valence-corrected chi connectivity index (χ1v) is 12.9. The number of piperazine rings is 2. The van der Waals surface area contributed by atoms with Gasteiger partial charge in [-0.1, -0.05) is 18.6 Å². The van der Waals surface area contributed by atoms with Crippen molar-refractivity contribution in [2.75, 3.05) is 114 Å². The number of piperidine rings is 1. The zero-order valence-electron chi connectivity index (χ0n) is 23.1. The number of likely N-dealkylation sites (N-methyl/N-ethyl adjacent to an activating group) is 5. The van der Waals surface area contributed by atoms with Crippen LogP contribution >= 0.6 is 0 Å². The van der Waals surface area contributed by atoms with Crippen molar-refractivity contribution in [1.82, 2.24) is 29.4 Å². The Balaban J connectivity index is 0.000000220. The van der Waals surface area contributed by atoms with E-state index in [1.165, 1.54) is 65.1 Å². The van der Waals surface area contributed by atoms with Gasteiger partial charge >= 0.3 is 0 Å². The van der Waals surface area contributed by atoms with Gasteiger partial charge in [0.05, 0.1) is 6.54 Å². The molecule has 7 nitrogen and oxygen atoms in total. The van der Waals surface area contributed by atoms with Gasteiger partial charge < -0.3 is 24.5 Å². The van der Waals surface area contributed by atoms with E-state index in [0.29, 0.717) is 6.54 Å². The number of likely N-dealkylation sites (tertiary alicyclic amines) is 1. The first-order valence-electron chi connectivity index (χ1n) is 12.9. The molecular formula is C26H54N6O. The number of nitrogens with zero attached hydrogens (tertiary/aromatic N) is 6. The minimum absolute atomic E-state index is 0.226. The highest BCUT2D eigenvalue weighted by Gasteiger charge is 2.16. The average molecular weight is 467 g/mol. The molecule has 3 saturated heterocycles. The molecule has 33 heavy (non-hydrogen) atoms. The van der Waals surface area contributed by atoms with E-state index in [2.05, 4.69) is 67.7 Å². The van der Waals surface area contributed by atoms with Crippen LogP contribution in [0.25, 0.3) is 0 Å². The summed E-state index contributed by atoms with van der Waals surface area (Å²) in [5.74, 6) is 1.20. The molecule has 4 heterocycles. The Morgan fingerprint density at radius 3 is 1.52 bits per heavy atom. The third kappa shape index (κ3) is 14.8. The lowest BCUT2D eigenvalue weighted by atomic mass is 10.00. The second kappa shape index (κ2) is 16.6. The number of carbonyl (C=O) groups excluding carboxylic acids is 1. The van der Waals surface area contributed by atoms with Gasteiger partial charge in [0.2, 0.25) is 5.91 Å². The summed E-state index contributed by atoms with van der Waals surface area (Å²) in [5, 5.41) is 0. The minimum Gasteiger partial charge on any atom is -0.343 e. The molecule has 0 aliphatic carbocycles. The molecule has 0 aromatic rings. The minimum atomic E-state index is 0.226. The van der Waals surface area contributed by atoms with E-state index >= 15 is 0 Å². The molecule has 194 valence electrons. The molecule has 0 aromatic heterocycles. The monoisotopic (exact) mass is 466 g/mol. The van der Waals surface area contributed by atoms with Crippen LogP contribution in [0.15, 0.2) is 11.6 Å². The van der Waals surface area contributed by atoms with Crippen molar-refractivity contribution in [3.8, 4) is 0 Å². The Morgan fingerprint density at radius 2 is 1.15 bits per heavy atom. The van der Waals surface area contributed by atoms with Gasteiger partial charge in [-0.25, -0.2) is 0 Å². The second-order valence-corrected chi connectivity index (χ2v) is 10.7. The summed E-state index contributed by atoms with van der Waals surface area (Å²) in [6.45, 7) is 16.9. The zero-order valence-corrected chi connectivity index (χ0v) is 23.1. The lowest BCUT2D eigenvalue weighted by molar-refractivity contribution is -0.133. The van der Waals surface area contributed by atoms with Crippen molar-refractivity contribution in [3.05, 3.63) is 11.6 Å². The van der Waals surface area contributed by atoms with E-state index < -0.39 is 0 Å². The molecule has 0 saturated carbocycles. The first kappa shape index (κ1) is 30.0. The topological polar surface area (TPSA) is 36.5 Å². The largest absolute Gasteiger partial charge is 0.343 e. The van der Waals surface area contributed by atoms with Crippen molar-refractivity contribution in [1.29, 1.82) is 0 Å². The van der Waals surface area contributed by atoms with Gasteiger partial charge in [-0.05, 0) is 80.4 Å². The Hall–Kier alpha value is -0.990. The predicted molar refractivity (Wildman–Crippen MR) is 142 cm³/mol. The van der Waals surface area contributed by atoms with Gasteiger partial charge in [0.1, 0.15) is 0 Å². The second-order valence-electron chi connectivity index (χ2n) is 10.7. The van der Waals surface area contributed by atoms with Crippen molar-refractivity contribution >= 4 is 5.91 Å². The Morgan fingerprint density at radius 1 is 0.667 bits per heavy atom. The number of rotatable bonds is 0. The highest BCUT2D eigenvalue weighted by atomic mass is 16.2. The third-order valence-electron chi connectivity index (χ3n) is 7.02. The molecule has 0 N–H and O–H groups in total. The van der Waals surface area contributed by atoms with Gasteiger partial charge in [-0.2, -0.15) is 0 Å². The van der Waals surface area contributed by atoms with Gasteiger partial charge in [-0.15, -0.1) is 0 Å². The highest BCUT2D eigenvalue weighted by Crippen LogP contribution is 2.13. The maximum absolute atomic E-state index is 10.9. The summed E-state index contributed by atoms with van der Waals surface area (Å²) in [6, 6.07) is 0. The van der Waals surface area contributed by atoms with Crippen LogP contribution in [0.2, 0.25) is 0 Å². The molecular weight excluding hydrogens is 412 g/mol. The summed E-state index contributed by atoms with van der Waals surface area (Å²) in [6.07, 6.45) is 6.35. The van der Waals surface area contributed by atoms with Crippen molar-refractivity contribution < 1.29 is 4.79 Å². The van der Waals surface area contributed by atoms with Crippen LogP contribution in [-0.4, -0.2) is 150 Å². The molecule has 0 atom stereocenters. The van der Waals surface area contributed by atoms with Crippen LogP contribution in [0.3, 0.4) is 0 Å². The van der Waals surface area contributed by atoms with E-state index in [4.69, 9.17) is 0 Å². The van der Waals surface area contributed by atoms with E-state index in [1.807, 2.05) is 19.0 Å². The standard InChI is InChI=1S/C7H15N.C7H13N.C6H12N2O.C6H14N2/c2*1-7-3-5-8(2)6-4-7;1-7-3-4-8(2)6(9)5-7;1-7-3-5-8(2)6-4-7/h7H,3-6H2,1-2H3;3H,4-6H2,1-2H3;3-5H2,1-2H3;3-6H2,1-2H3. The van der Waals surface area contributed by atoms with Crippen LogP contribution in [0, 0.1) is 5.92 Å². The lowest BCUT2D eigenvalue weighted by Gasteiger charge is -2.28. The third-order valence-corrected chi connectivity index (χ3v) is 7.02. The lowest BCUT2D eigenvalue weighted by Crippen LogP contribution is -2.46. The Kier molecular flexibility index (Phi) is 15.1. The van der Waals surface area contributed by atoms with Crippen molar-refractivity contribution in [2.24, 2.45) is 5.92 Å². The molecule has 0 unspecified atom stereocenters. The highest BCUT2D eigenvalue weighted by molar-refractivity contribution is 5.78. The van der Waals surface area contributed by atoms with Crippen molar-refractivity contribution in [2.45, 2.75) is 33.1 Å². The molecule has 4 aliphatic heterocycles. The summed E-state index contributed by atoms with van der Waals surface area (Å²) < 4.78 is 0.